The molecule has 5 heteroatoms. The molecule has 0 unspecified atom stereocenters. The third-order valence-electron chi connectivity index (χ3n) is 3.58. The molecule has 0 saturated carbocycles. The number of nitrogens with zero attached hydrogens (tertiary/aromatic N) is 4. The molecule has 1 aromatic heterocycles. The van der Waals surface area contributed by atoms with Crippen LogP contribution < -0.4 is 0 Å². The van der Waals surface area contributed by atoms with E-state index in [-0.39, 0.29) is 5.91 Å². The molecule has 2 rings (SSSR count). The predicted octanol–water partition coefficient (Wildman–Crippen LogP) is 1.49. The van der Waals surface area contributed by atoms with Gasteiger partial charge in [0.1, 0.15) is 0 Å². The molecule has 1 aromatic rings. The predicted molar refractivity (Wildman–Crippen MR) is 76.3 cm³/mol. The van der Waals surface area contributed by atoms with Crippen LogP contribution in [0.15, 0.2) is 18.3 Å². The Morgan fingerprint density at radius 2 is 2.05 bits per heavy atom. The van der Waals surface area contributed by atoms with Crippen LogP contribution in [0.4, 0.5) is 0 Å². The summed E-state index contributed by atoms with van der Waals surface area (Å²) in [5, 5.41) is 8.66. The van der Waals surface area contributed by atoms with Crippen molar-refractivity contribution < 1.29 is 4.79 Å². The zero-order valence-corrected chi connectivity index (χ0v) is 12.0. The molecule has 1 fully saturated rings. The van der Waals surface area contributed by atoms with Crippen molar-refractivity contribution in [3.05, 3.63) is 29.6 Å². The van der Waals surface area contributed by atoms with Crippen molar-refractivity contribution >= 4 is 5.91 Å². The molecule has 5 nitrogen and oxygen atoms in total. The first-order valence-corrected chi connectivity index (χ1v) is 6.96. The summed E-state index contributed by atoms with van der Waals surface area (Å²) in [4.78, 5) is 20.6. The highest BCUT2D eigenvalue weighted by Crippen LogP contribution is 2.13. The first kappa shape index (κ1) is 14.5. The first-order valence-electron chi connectivity index (χ1n) is 6.96. The Hall–Kier alpha value is -1.93. The van der Waals surface area contributed by atoms with Gasteiger partial charge in [0.2, 0.25) is 0 Å². The van der Waals surface area contributed by atoms with Crippen molar-refractivity contribution in [3.8, 4) is 6.07 Å². The van der Waals surface area contributed by atoms with Crippen LogP contribution in [-0.4, -0.2) is 53.4 Å². The van der Waals surface area contributed by atoms with E-state index in [2.05, 4.69) is 29.8 Å². The quantitative estimate of drug-likeness (QED) is 0.782. The Morgan fingerprint density at radius 1 is 1.35 bits per heavy atom. The average molecular weight is 272 g/mol. The summed E-state index contributed by atoms with van der Waals surface area (Å²) in [6.45, 7) is 7.47. The Kier molecular flexibility index (Phi) is 4.70. The number of pyridine rings is 1. The van der Waals surface area contributed by atoms with Crippen molar-refractivity contribution in [2.24, 2.45) is 0 Å². The lowest BCUT2D eigenvalue weighted by Crippen LogP contribution is -2.48. The lowest BCUT2D eigenvalue weighted by molar-refractivity contribution is 0.0651. The van der Waals surface area contributed by atoms with Gasteiger partial charge in [-0.25, -0.2) is 0 Å². The van der Waals surface area contributed by atoms with Crippen LogP contribution in [0, 0.1) is 11.3 Å². The second kappa shape index (κ2) is 6.49. The maximum absolute atomic E-state index is 12.3. The van der Waals surface area contributed by atoms with Gasteiger partial charge >= 0.3 is 0 Å². The fraction of sp³-hybridized carbons (Fsp3) is 0.533. The largest absolute Gasteiger partial charge is 0.336 e. The van der Waals surface area contributed by atoms with Crippen LogP contribution in [0.3, 0.4) is 0 Å². The highest BCUT2D eigenvalue weighted by atomic mass is 16.2. The molecule has 20 heavy (non-hydrogen) atoms. The molecule has 0 atom stereocenters. The van der Waals surface area contributed by atoms with Gasteiger partial charge in [0.05, 0.1) is 18.2 Å². The maximum Gasteiger partial charge on any atom is 0.255 e. The van der Waals surface area contributed by atoms with Crippen molar-refractivity contribution in [2.45, 2.75) is 19.8 Å². The SMILES string of the molecule is CC(C)c1ccc(C(=O)N2CCN(CC#N)CC2)cn1. The average Bonchev–Trinajstić information content (AvgIpc) is 2.48. The van der Waals surface area contributed by atoms with Crippen LogP contribution in [0.1, 0.15) is 35.8 Å². The van der Waals surface area contributed by atoms with Gasteiger partial charge in [0.25, 0.3) is 5.91 Å². The maximum atomic E-state index is 12.3. The number of aromatic nitrogens is 1. The van der Waals surface area contributed by atoms with Crippen LogP contribution in [0.2, 0.25) is 0 Å². The zero-order chi connectivity index (χ0) is 14.5. The zero-order valence-electron chi connectivity index (χ0n) is 12.0. The van der Waals surface area contributed by atoms with Gasteiger partial charge in [-0.2, -0.15) is 5.26 Å². The number of nitriles is 1. The summed E-state index contributed by atoms with van der Waals surface area (Å²) in [5.41, 5.74) is 1.64. The lowest BCUT2D eigenvalue weighted by atomic mass is 10.1. The molecule has 0 radical (unpaired) electrons. The van der Waals surface area contributed by atoms with Crippen LogP contribution in [0.5, 0.6) is 0 Å². The third-order valence-corrected chi connectivity index (χ3v) is 3.58. The minimum Gasteiger partial charge on any atom is -0.336 e. The fourth-order valence-electron chi connectivity index (χ4n) is 2.26. The number of carbonyl (C=O) groups excluding carboxylic acids is 1. The van der Waals surface area contributed by atoms with Crippen LogP contribution in [0.25, 0.3) is 0 Å². The van der Waals surface area contributed by atoms with Gasteiger partial charge in [-0.3, -0.25) is 14.7 Å². The van der Waals surface area contributed by atoms with E-state index < -0.39 is 0 Å². The number of piperazine rings is 1. The van der Waals surface area contributed by atoms with Gasteiger partial charge in [0.15, 0.2) is 0 Å². The first-order chi connectivity index (χ1) is 9.61. The van der Waals surface area contributed by atoms with E-state index in [9.17, 15) is 4.79 Å². The van der Waals surface area contributed by atoms with Gasteiger partial charge < -0.3 is 4.90 Å². The molecule has 0 aliphatic carbocycles. The Labute approximate surface area is 119 Å². The standard InChI is InChI=1S/C15H20N4O/c1-12(2)14-4-3-13(11-17-14)15(20)19-9-7-18(6-5-16)8-10-19/h3-4,11-12H,6-10H2,1-2H3. The molecule has 1 saturated heterocycles. The number of hydrogen-bond donors (Lipinski definition) is 0. The second-order valence-corrected chi connectivity index (χ2v) is 5.35. The minimum atomic E-state index is 0.0319. The Bertz CT molecular complexity index is 496. The summed E-state index contributed by atoms with van der Waals surface area (Å²) < 4.78 is 0. The van der Waals surface area contributed by atoms with E-state index in [1.165, 1.54) is 0 Å². The lowest BCUT2D eigenvalue weighted by Gasteiger charge is -2.33. The van der Waals surface area contributed by atoms with Crippen molar-refractivity contribution in [1.82, 2.24) is 14.8 Å². The topological polar surface area (TPSA) is 60.2 Å². The Morgan fingerprint density at radius 3 is 2.55 bits per heavy atom. The van der Waals surface area contributed by atoms with E-state index in [1.54, 1.807) is 6.20 Å². The number of rotatable bonds is 3. The molecule has 106 valence electrons. The van der Waals surface area contributed by atoms with E-state index >= 15 is 0 Å². The monoisotopic (exact) mass is 272 g/mol. The van der Waals surface area contributed by atoms with Gasteiger partial charge in [-0.15, -0.1) is 0 Å². The number of amides is 1. The molecule has 1 amide bonds. The summed E-state index contributed by atoms with van der Waals surface area (Å²) in [7, 11) is 0. The summed E-state index contributed by atoms with van der Waals surface area (Å²) >= 11 is 0. The summed E-state index contributed by atoms with van der Waals surface area (Å²) in [6.07, 6.45) is 1.67. The van der Waals surface area contributed by atoms with Crippen molar-refractivity contribution in [3.63, 3.8) is 0 Å². The molecular formula is C15H20N4O. The normalized spacial score (nSPS) is 16.2. The fourth-order valence-corrected chi connectivity index (χ4v) is 2.26. The molecule has 2 heterocycles. The van der Waals surface area contributed by atoms with Crippen molar-refractivity contribution in [1.29, 1.82) is 5.26 Å². The molecule has 1 aliphatic rings. The van der Waals surface area contributed by atoms with Gasteiger partial charge in [0, 0.05) is 38.1 Å². The van der Waals surface area contributed by atoms with Crippen LogP contribution >= 0.6 is 0 Å². The van der Waals surface area contributed by atoms with Gasteiger partial charge in [-0.05, 0) is 18.1 Å². The Balaban J connectivity index is 1.97. The third kappa shape index (κ3) is 3.34. The number of hydrogen-bond acceptors (Lipinski definition) is 4. The van der Waals surface area contributed by atoms with E-state index in [4.69, 9.17) is 5.26 Å². The molecule has 0 N–H and O–H groups in total. The minimum absolute atomic E-state index is 0.0319. The van der Waals surface area contributed by atoms with E-state index in [0.29, 0.717) is 31.1 Å². The molecule has 0 aromatic carbocycles. The molecule has 0 bridgehead atoms. The smallest absolute Gasteiger partial charge is 0.255 e. The molecule has 1 aliphatic heterocycles. The molecular weight excluding hydrogens is 252 g/mol. The summed E-state index contributed by atoms with van der Waals surface area (Å²) in [6, 6.07) is 5.92. The highest BCUT2D eigenvalue weighted by molar-refractivity contribution is 5.94. The van der Waals surface area contributed by atoms with E-state index in [0.717, 1.165) is 18.8 Å². The van der Waals surface area contributed by atoms with Crippen LogP contribution in [-0.2, 0) is 0 Å². The van der Waals surface area contributed by atoms with Crippen molar-refractivity contribution in [2.75, 3.05) is 32.7 Å². The second-order valence-electron chi connectivity index (χ2n) is 5.35. The number of carbonyl (C=O) groups is 1. The summed E-state index contributed by atoms with van der Waals surface area (Å²) in [5.74, 6) is 0.401. The van der Waals surface area contributed by atoms with E-state index in [1.807, 2.05) is 17.0 Å². The molecule has 0 spiro atoms. The highest BCUT2D eigenvalue weighted by Gasteiger charge is 2.22. The van der Waals surface area contributed by atoms with Gasteiger partial charge in [-0.1, -0.05) is 13.8 Å².